The van der Waals surface area contributed by atoms with Gasteiger partial charge in [-0.25, -0.2) is 8.42 Å². The van der Waals surface area contributed by atoms with Crippen LogP contribution in [0.5, 0.6) is 0 Å². The Balaban J connectivity index is 3.85. The van der Waals surface area contributed by atoms with E-state index in [1.807, 2.05) is 6.92 Å². The van der Waals surface area contributed by atoms with Crippen molar-refractivity contribution in [3.63, 3.8) is 0 Å². The summed E-state index contributed by atoms with van der Waals surface area (Å²) >= 11 is 0. The molecule has 0 fully saturated rings. The SMILES string of the molecule is CCCCCS(=O)(=O)CCOS(C)(=O)=O. The summed E-state index contributed by atoms with van der Waals surface area (Å²) in [6.45, 7) is 1.70. The Bertz CT molecular complexity index is 354. The molecule has 0 aliphatic heterocycles. The van der Waals surface area contributed by atoms with E-state index in [0.29, 0.717) is 6.42 Å². The minimum atomic E-state index is -3.54. The molecule has 0 aromatic heterocycles. The molecule has 0 spiro atoms. The molecule has 5 nitrogen and oxygen atoms in total. The highest BCUT2D eigenvalue weighted by Crippen LogP contribution is 2.01. The van der Waals surface area contributed by atoms with Gasteiger partial charge in [0.25, 0.3) is 10.1 Å². The van der Waals surface area contributed by atoms with Crippen LogP contribution in [0, 0.1) is 0 Å². The Morgan fingerprint density at radius 2 is 1.60 bits per heavy atom. The lowest BCUT2D eigenvalue weighted by Crippen LogP contribution is -2.17. The lowest BCUT2D eigenvalue weighted by Gasteiger charge is -2.03. The summed E-state index contributed by atoms with van der Waals surface area (Å²) in [4.78, 5) is 0. The maximum Gasteiger partial charge on any atom is 0.264 e. The first-order valence-corrected chi connectivity index (χ1v) is 8.45. The van der Waals surface area contributed by atoms with Crippen LogP contribution in [0.25, 0.3) is 0 Å². The molecule has 0 amide bonds. The molecule has 0 radical (unpaired) electrons. The van der Waals surface area contributed by atoms with Gasteiger partial charge in [-0.3, -0.25) is 4.18 Å². The number of hydrogen-bond donors (Lipinski definition) is 0. The van der Waals surface area contributed by atoms with Crippen molar-refractivity contribution in [1.29, 1.82) is 0 Å². The van der Waals surface area contributed by atoms with Crippen LogP contribution < -0.4 is 0 Å². The molecule has 15 heavy (non-hydrogen) atoms. The van der Waals surface area contributed by atoms with Gasteiger partial charge in [-0.1, -0.05) is 19.8 Å². The van der Waals surface area contributed by atoms with E-state index in [0.717, 1.165) is 19.1 Å². The third-order valence-corrected chi connectivity index (χ3v) is 4.04. The molecule has 0 rings (SSSR count). The normalized spacial score (nSPS) is 12.9. The Morgan fingerprint density at radius 1 is 1.00 bits per heavy atom. The Kier molecular flexibility index (Phi) is 6.38. The second-order valence-electron chi connectivity index (χ2n) is 3.39. The van der Waals surface area contributed by atoms with E-state index in [4.69, 9.17) is 0 Å². The van der Waals surface area contributed by atoms with Gasteiger partial charge in [0, 0.05) is 0 Å². The van der Waals surface area contributed by atoms with Crippen molar-refractivity contribution in [2.45, 2.75) is 26.2 Å². The largest absolute Gasteiger partial charge is 0.269 e. The van der Waals surface area contributed by atoms with Crippen LogP contribution in [0.4, 0.5) is 0 Å². The molecular formula is C8H18O5S2. The first-order chi connectivity index (χ1) is 6.77. The third-order valence-electron chi connectivity index (χ3n) is 1.75. The molecule has 0 heterocycles. The van der Waals surface area contributed by atoms with Gasteiger partial charge >= 0.3 is 0 Å². The fraction of sp³-hybridized carbons (Fsp3) is 1.00. The van der Waals surface area contributed by atoms with E-state index in [2.05, 4.69) is 4.18 Å². The second kappa shape index (κ2) is 6.44. The van der Waals surface area contributed by atoms with Gasteiger partial charge in [-0.15, -0.1) is 0 Å². The Morgan fingerprint density at radius 3 is 2.07 bits per heavy atom. The summed E-state index contributed by atoms with van der Waals surface area (Å²) in [6.07, 6.45) is 3.34. The summed E-state index contributed by atoms with van der Waals surface area (Å²) < 4.78 is 48.1. The molecule has 0 atom stereocenters. The van der Waals surface area contributed by atoms with E-state index in [9.17, 15) is 16.8 Å². The second-order valence-corrected chi connectivity index (χ2v) is 7.33. The monoisotopic (exact) mass is 258 g/mol. The van der Waals surface area contributed by atoms with Gasteiger partial charge in [-0.2, -0.15) is 8.42 Å². The fourth-order valence-electron chi connectivity index (χ4n) is 0.986. The quantitative estimate of drug-likeness (QED) is 0.470. The van der Waals surface area contributed by atoms with Crippen LogP contribution in [-0.2, 0) is 24.1 Å². The van der Waals surface area contributed by atoms with Crippen molar-refractivity contribution in [2.24, 2.45) is 0 Å². The van der Waals surface area contributed by atoms with Crippen LogP contribution in [-0.4, -0.2) is 41.2 Å². The van der Waals surface area contributed by atoms with Crippen molar-refractivity contribution in [3.8, 4) is 0 Å². The van der Waals surface area contributed by atoms with E-state index in [1.54, 1.807) is 0 Å². The van der Waals surface area contributed by atoms with Gasteiger partial charge in [0.15, 0.2) is 9.84 Å². The van der Waals surface area contributed by atoms with Crippen LogP contribution in [0.1, 0.15) is 26.2 Å². The minimum absolute atomic E-state index is 0.105. The average Bonchev–Trinajstić information content (AvgIpc) is 2.01. The predicted molar refractivity (Wildman–Crippen MR) is 59.0 cm³/mol. The van der Waals surface area contributed by atoms with Gasteiger partial charge < -0.3 is 0 Å². The number of hydrogen-bond acceptors (Lipinski definition) is 5. The highest BCUT2D eigenvalue weighted by molar-refractivity contribution is 7.91. The molecule has 92 valence electrons. The molecule has 0 saturated heterocycles. The van der Waals surface area contributed by atoms with Crippen LogP contribution >= 0.6 is 0 Å². The van der Waals surface area contributed by atoms with E-state index in [-0.39, 0.29) is 18.1 Å². The molecular weight excluding hydrogens is 240 g/mol. The molecule has 7 heteroatoms. The van der Waals surface area contributed by atoms with Gasteiger partial charge in [0.2, 0.25) is 0 Å². The maximum atomic E-state index is 11.3. The first-order valence-electron chi connectivity index (χ1n) is 4.81. The van der Waals surface area contributed by atoms with E-state index in [1.165, 1.54) is 0 Å². The maximum absolute atomic E-state index is 11.3. The van der Waals surface area contributed by atoms with Crippen molar-refractivity contribution < 1.29 is 21.0 Å². The number of rotatable bonds is 8. The summed E-state index contributed by atoms with van der Waals surface area (Å²) in [5.74, 6) is -0.127. The highest BCUT2D eigenvalue weighted by atomic mass is 32.2. The van der Waals surface area contributed by atoms with E-state index >= 15 is 0 Å². The Hall–Kier alpha value is -0.140. The lowest BCUT2D eigenvalue weighted by molar-refractivity contribution is 0.343. The molecule has 0 aromatic rings. The fourth-order valence-corrected chi connectivity index (χ4v) is 2.66. The summed E-state index contributed by atoms with van der Waals surface area (Å²) in [7, 11) is -6.70. The number of sulfone groups is 1. The predicted octanol–water partition coefficient (Wildman–Crippen LogP) is 0.568. The standard InChI is InChI=1S/C8H18O5S2/c1-3-4-5-7-15(11,12)8-6-13-14(2,9)10/h3-8H2,1-2H3. The molecule has 0 aliphatic carbocycles. The van der Waals surface area contributed by atoms with Crippen LogP contribution in [0.15, 0.2) is 0 Å². The summed E-state index contributed by atoms with van der Waals surface area (Å²) in [5.41, 5.74) is 0. The lowest BCUT2D eigenvalue weighted by atomic mass is 10.3. The topological polar surface area (TPSA) is 77.5 Å². The smallest absolute Gasteiger partial charge is 0.264 e. The average molecular weight is 258 g/mol. The molecule has 0 aromatic carbocycles. The van der Waals surface area contributed by atoms with Crippen molar-refractivity contribution in [2.75, 3.05) is 24.4 Å². The zero-order valence-electron chi connectivity index (χ0n) is 9.10. The molecule has 0 bridgehead atoms. The minimum Gasteiger partial charge on any atom is -0.269 e. The van der Waals surface area contributed by atoms with Crippen molar-refractivity contribution >= 4 is 20.0 Å². The third kappa shape index (κ3) is 10.1. The first kappa shape index (κ1) is 14.9. The van der Waals surface area contributed by atoms with Crippen molar-refractivity contribution in [3.05, 3.63) is 0 Å². The van der Waals surface area contributed by atoms with Crippen LogP contribution in [0.3, 0.4) is 0 Å². The highest BCUT2D eigenvalue weighted by Gasteiger charge is 2.12. The van der Waals surface area contributed by atoms with Gasteiger partial charge in [0.05, 0.1) is 24.4 Å². The Labute approximate surface area is 91.9 Å². The van der Waals surface area contributed by atoms with E-state index < -0.39 is 20.0 Å². The molecule has 0 saturated carbocycles. The molecule has 0 aliphatic rings. The zero-order valence-corrected chi connectivity index (χ0v) is 10.7. The van der Waals surface area contributed by atoms with Crippen LogP contribution in [0.2, 0.25) is 0 Å². The van der Waals surface area contributed by atoms with Gasteiger partial charge in [0.1, 0.15) is 0 Å². The molecule has 0 unspecified atom stereocenters. The zero-order chi connectivity index (χ0) is 11.9. The van der Waals surface area contributed by atoms with Gasteiger partial charge in [-0.05, 0) is 6.42 Å². The number of unbranched alkanes of at least 4 members (excludes halogenated alkanes) is 2. The van der Waals surface area contributed by atoms with Crippen molar-refractivity contribution in [1.82, 2.24) is 0 Å². The summed E-state index contributed by atoms with van der Waals surface area (Å²) in [6, 6.07) is 0. The summed E-state index contributed by atoms with van der Waals surface area (Å²) in [5, 5.41) is 0. The molecule has 0 N–H and O–H groups in total.